The molecule has 1 aromatic rings. The maximum absolute atomic E-state index is 12.0. The van der Waals surface area contributed by atoms with Crippen LogP contribution in [0.5, 0.6) is 0 Å². The number of rotatable bonds is 4. The second-order valence-corrected chi connectivity index (χ2v) is 4.94. The van der Waals surface area contributed by atoms with Crippen LogP contribution < -0.4 is 5.73 Å². The molecule has 0 bridgehead atoms. The van der Waals surface area contributed by atoms with E-state index in [9.17, 15) is 4.79 Å². The lowest BCUT2D eigenvalue weighted by molar-refractivity contribution is 0.0685. The highest BCUT2D eigenvalue weighted by atomic mass is 79.9. The van der Waals surface area contributed by atoms with Gasteiger partial charge in [-0.1, -0.05) is 0 Å². The van der Waals surface area contributed by atoms with Crippen molar-refractivity contribution in [3.8, 4) is 0 Å². The molecule has 1 amide bonds. The molecule has 1 aliphatic carbocycles. The summed E-state index contributed by atoms with van der Waals surface area (Å²) in [7, 11) is 1.79. The molecule has 1 atom stereocenters. The first-order valence-corrected chi connectivity index (χ1v) is 6.15. The van der Waals surface area contributed by atoms with Gasteiger partial charge >= 0.3 is 0 Å². The lowest BCUT2D eigenvalue weighted by Gasteiger charge is -2.26. The molecule has 2 rings (SSSR count). The molecule has 0 saturated heterocycles. The summed E-state index contributed by atoms with van der Waals surface area (Å²) in [5.41, 5.74) is 5.70. The van der Waals surface area contributed by atoms with Crippen molar-refractivity contribution in [1.82, 2.24) is 4.90 Å². The molecule has 1 heterocycles. The smallest absolute Gasteiger partial charge is 0.289 e. The molecular weight excluding hydrogens is 272 g/mol. The largest absolute Gasteiger partial charge is 0.444 e. The monoisotopic (exact) mass is 286 g/mol. The van der Waals surface area contributed by atoms with E-state index >= 15 is 0 Å². The highest BCUT2D eigenvalue weighted by Crippen LogP contribution is 2.35. The van der Waals surface area contributed by atoms with E-state index in [1.54, 1.807) is 24.1 Å². The van der Waals surface area contributed by atoms with Crippen LogP contribution in [0.3, 0.4) is 0 Å². The number of nitrogens with zero attached hydrogens (tertiary/aromatic N) is 1. The van der Waals surface area contributed by atoms with Gasteiger partial charge in [-0.05, 0) is 46.8 Å². The summed E-state index contributed by atoms with van der Waals surface area (Å²) in [5.74, 6) is 0.818. The van der Waals surface area contributed by atoms with Crippen molar-refractivity contribution >= 4 is 21.8 Å². The molecule has 5 heteroatoms. The van der Waals surface area contributed by atoms with E-state index in [1.807, 2.05) is 0 Å². The Morgan fingerprint density at radius 1 is 1.69 bits per heavy atom. The van der Waals surface area contributed by atoms with Gasteiger partial charge in [0.1, 0.15) is 0 Å². The van der Waals surface area contributed by atoms with Crippen molar-refractivity contribution in [2.75, 3.05) is 13.6 Å². The Kier molecular flexibility index (Phi) is 3.35. The summed E-state index contributed by atoms with van der Waals surface area (Å²) in [6.45, 7) is 0.509. The lowest BCUT2D eigenvalue weighted by atomic mass is 10.1. The zero-order chi connectivity index (χ0) is 11.7. The average Bonchev–Trinajstić information content (AvgIpc) is 3.00. The summed E-state index contributed by atoms with van der Waals surface area (Å²) < 4.78 is 5.82. The summed E-state index contributed by atoms with van der Waals surface area (Å²) >= 11 is 3.18. The minimum absolute atomic E-state index is 0.104. The molecule has 16 heavy (non-hydrogen) atoms. The van der Waals surface area contributed by atoms with Crippen molar-refractivity contribution in [2.45, 2.75) is 18.9 Å². The molecule has 2 N–H and O–H groups in total. The third-order valence-corrected chi connectivity index (χ3v) is 3.44. The van der Waals surface area contributed by atoms with Crippen molar-refractivity contribution in [3.63, 3.8) is 0 Å². The number of carbonyl (C=O) groups is 1. The minimum atomic E-state index is -0.104. The van der Waals surface area contributed by atoms with Gasteiger partial charge in [0.05, 0.1) is 0 Å². The lowest BCUT2D eigenvalue weighted by Crippen LogP contribution is -2.43. The van der Waals surface area contributed by atoms with Crippen LogP contribution in [0, 0.1) is 5.92 Å². The number of amides is 1. The number of hydrogen-bond donors (Lipinski definition) is 1. The van der Waals surface area contributed by atoms with Gasteiger partial charge in [-0.15, -0.1) is 0 Å². The zero-order valence-corrected chi connectivity index (χ0v) is 10.7. The van der Waals surface area contributed by atoms with Crippen LogP contribution in [-0.4, -0.2) is 30.4 Å². The van der Waals surface area contributed by atoms with Crippen LogP contribution in [-0.2, 0) is 0 Å². The van der Waals surface area contributed by atoms with E-state index in [0.717, 1.165) is 0 Å². The van der Waals surface area contributed by atoms with Crippen molar-refractivity contribution in [2.24, 2.45) is 11.7 Å². The predicted molar refractivity (Wildman–Crippen MR) is 64.1 cm³/mol. The average molecular weight is 287 g/mol. The van der Waals surface area contributed by atoms with E-state index in [2.05, 4.69) is 15.9 Å². The molecule has 1 saturated carbocycles. The Morgan fingerprint density at radius 3 is 2.81 bits per heavy atom. The maximum atomic E-state index is 12.0. The molecule has 4 nitrogen and oxygen atoms in total. The topological polar surface area (TPSA) is 59.5 Å². The van der Waals surface area contributed by atoms with Crippen LogP contribution in [0.2, 0.25) is 0 Å². The Morgan fingerprint density at radius 2 is 2.38 bits per heavy atom. The van der Waals surface area contributed by atoms with Crippen LogP contribution in [0.4, 0.5) is 0 Å². The van der Waals surface area contributed by atoms with Crippen LogP contribution in [0.1, 0.15) is 23.4 Å². The quantitative estimate of drug-likeness (QED) is 0.919. The first-order chi connectivity index (χ1) is 7.63. The fourth-order valence-electron chi connectivity index (χ4n) is 1.90. The van der Waals surface area contributed by atoms with Gasteiger partial charge < -0.3 is 15.1 Å². The summed E-state index contributed by atoms with van der Waals surface area (Å²) in [4.78, 5) is 13.7. The summed E-state index contributed by atoms with van der Waals surface area (Å²) in [5, 5.41) is 0. The molecule has 0 spiro atoms. The normalized spacial score (nSPS) is 17.2. The zero-order valence-electron chi connectivity index (χ0n) is 9.15. The summed E-state index contributed by atoms with van der Waals surface area (Å²) in [6, 6.07) is 3.52. The van der Waals surface area contributed by atoms with E-state index in [-0.39, 0.29) is 11.9 Å². The molecule has 1 aliphatic rings. The van der Waals surface area contributed by atoms with Gasteiger partial charge in [-0.3, -0.25) is 4.79 Å². The maximum Gasteiger partial charge on any atom is 0.289 e. The third kappa shape index (κ3) is 2.30. The minimum Gasteiger partial charge on any atom is -0.444 e. The first-order valence-electron chi connectivity index (χ1n) is 5.36. The standard InChI is InChI=1S/C11H15BrN2O2/c1-14(8(6-13)7-2-3-7)11(15)9-4-5-10(12)16-9/h4-5,7-8H,2-3,6,13H2,1H3. The molecule has 0 aliphatic heterocycles. The number of hydrogen-bond acceptors (Lipinski definition) is 3. The highest BCUT2D eigenvalue weighted by molar-refractivity contribution is 9.10. The van der Waals surface area contributed by atoms with Crippen LogP contribution in [0.25, 0.3) is 0 Å². The Labute approximate surface area is 103 Å². The van der Waals surface area contributed by atoms with Crippen LogP contribution in [0.15, 0.2) is 21.2 Å². The van der Waals surface area contributed by atoms with E-state index in [4.69, 9.17) is 10.2 Å². The van der Waals surface area contributed by atoms with Crippen molar-refractivity contribution in [1.29, 1.82) is 0 Å². The van der Waals surface area contributed by atoms with Gasteiger partial charge in [0.15, 0.2) is 10.4 Å². The van der Waals surface area contributed by atoms with E-state index in [1.165, 1.54) is 12.8 Å². The van der Waals surface area contributed by atoms with Gasteiger partial charge in [-0.25, -0.2) is 0 Å². The fraction of sp³-hybridized carbons (Fsp3) is 0.545. The molecule has 1 aromatic heterocycles. The van der Waals surface area contributed by atoms with Crippen molar-refractivity contribution < 1.29 is 9.21 Å². The molecule has 88 valence electrons. The molecule has 0 aromatic carbocycles. The Hall–Kier alpha value is -0.810. The third-order valence-electron chi connectivity index (χ3n) is 3.01. The number of furan rings is 1. The highest BCUT2D eigenvalue weighted by Gasteiger charge is 2.35. The number of halogens is 1. The van der Waals surface area contributed by atoms with Crippen molar-refractivity contribution in [3.05, 3.63) is 22.6 Å². The van der Waals surface area contributed by atoms with Gasteiger partial charge in [0.25, 0.3) is 5.91 Å². The van der Waals surface area contributed by atoms with Gasteiger partial charge in [-0.2, -0.15) is 0 Å². The number of likely N-dealkylation sites (N-methyl/N-ethyl adjacent to an activating group) is 1. The van der Waals surface area contributed by atoms with E-state index < -0.39 is 0 Å². The van der Waals surface area contributed by atoms with Gasteiger partial charge in [0, 0.05) is 19.6 Å². The Bertz CT molecular complexity index is 387. The first kappa shape index (κ1) is 11.7. The second-order valence-electron chi connectivity index (χ2n) is 4.16. The second kappa shape index (κ2) is 4.59. The molecular formula is C11H15BrN2O2. The van der Waals surface area contributed by atoms with E-state index in [0.29, 0.717) is 22.9 Å². The molecule has 1 fully saturated rings. The predicted octanol–water partition coefficient (Wildman–Crippen LogP) is 1.85. The molecule has 1 unspecified atom stereocenters. The number of carbonyl (C=O) groups excluding carboxylic acids is 1. The Balaban J connectivity index is 2.08. The molecule has 0 radical (unpaired) electrons. The van der Waals surface area contributed by atoms with Gasteiger partial charge in [0.2, 0.25) is 0 Å². The number of nitrogens with two attached hydrogens (primary N) is 1. The summed E-state index contributed by atoms with van der Waals surface area (Å²) in [6.07, 6.45) is 2.34. The fourth-order valence-corrected chi connectivity index (χ4v) is 2.21. The van der Waals surface area contributed by atoms with Crippen LogP contribution >= 0.6 is 15.9 Å². The SMILES string of the molecule is CN(C(=O)c1ccc(Br)o1)C(CN)C1CC1.